The number of rotatable bonds is 6. The van der Waals surface area contributed by atoms with Crippen LogP contribution >= 0.6 is 0 Å². The van der Waals surface area contributed by atoms with E-state index in [1.54, 1.807) is 11.9 Å². The fourth-order valence-corrected chi connectivity index (χ4v) is 6.01. The Morgan fingerprint density at radius 1 is 1.03 bits per heavy atom. The summed E-state index contributed by atoms with van der Waals surface area (Å²) in [5.74, 6) is 2.78. The van der Waals surface area contributed by atoms with Gasteiger partial charge in [-0.15, -0.1) is 0 Å². The second-order valence-corrected chi connectivity index (χ2v) is 10.6. The van der Waals surface area contributed by atoms with E-state index in [4.69, 9.17) is 10.7 Å². The highest BCUT2D eigenvalue weighted by Crippen LogP contribution is 2.41. The molecule has 1 aliphatic heterocycles. The summed E-state index contributed by atoms with van der Waals surface area (Å²) in [5.41, 5.74) is 6.89. The monoisotopic (exact) mass is 439 g/mol. The molecule has 2 N–H and O–H groups in total. The van der Waals surface area contributed by atoms with Crippen LogP contribution in [0.4, 0.5) is 0 Å². The highest BCUT2D eigenvalue weighted by Gasteiger charge is 2.47. The Morgan fingerprint density at radius 3 is 2.28 bits per heavy atom. The molecular weight excluding hydrogens is 394 g/mol. The zero-order valence-electron chi connectivity index (χ0n) is 20.7. The molecule has 4 rings (SSSR count). The van der Waals surface area contributed by atoms with E-state index in [1.807, 2.05) is 6.07 Å². The highest BCUT2D eigenvalue weighted by atomic mass is 16.2. The van der Waals surface area contributed by atoms with E-state index in [9.17, 15) is 4.79 Å². The lowest BCUT2D eigenvalue weighted by Crippen LogP contribution is -2.44. The smallest absolute Gasteiger partial charge is 0.257 e. The van der Waals surface area contributed by atoms with E-state index in [0.717, 1.165) is 37.5 Å². The largest absolute Gasteiger partial charge is 0.369 e. The minimum Gasteiger partial charge on any atom is -0.369 e. The summed E-state index contributed by atoms with van der Waals surface area (Å²) in [5, 5.41) is 0. The topological polar surface area (TPSA) is 58.7 Å². The lowest BCUT2D eigenvalue weighted by atomic mass is 9.73. The Hall–Kier alpha value is -1.84. The van der Waals surface area contributed by atoms with Gasteiger partial charge >= 0.3 is 0 Å². The van der Waals surface area contributed by atoms with E-state index >= 15 is 0 Å². The number of carbonyl (C=O) groups is 1. The van der Waals surface area contributed by atoms with Crippen LogP contribution < -0.4 is 5.73 Å². The number of hydrogen-bond acceptors (Lipinski definition) is 3. The number of nitrogens with zero attached hydrogens (tertiary/aromatic N) is 2. The summed E-state index contributed by atoms with van der Waals surface area (Å²) in [6.07, 6.45) is 16.0. The molecule has 2 aliphatic carbocycles. The van der Waals surface area contributed by atoms with E-state index in [0.29, 0.717) is 11.9 Å². The third-order valence-corrected chi connectivity index (χ3v) is 7.99. The van der Waals surface area contributed by atoms with Crippen LogP contribution in [0.2, 0.25) is 0 Å². The predicted octanol–water partition coefficient (Wildman–Crippen LogP) is 6.34. The second-order valence-electron chi connectivity index (χ2n) is 10.6. The van der Waals surface area contributed by atoms with Gasteiger partial charge in [0.05, 0.1) is 0 Å². The number of aliphatic imine (C=N–C) groups is 1. The lowest BCUT2D eigenvalue weighted by Gasteiger charge is -2.34. The van der Waals surface area contributed by atoms with Crippen LogP contribution in [0.15, 0.2) is 35.3 Å². The molecule has 32 heavy (non-hydrogen) atoms. The van der Waals surface area contributed by atoms with Gasteiger partial charge < -0.3 is 5.73 Å². The average molecular weight is 440 g/mol. The van der Waals surface area contributed by atoms with Gasteiger partial charge in [-0.2, -0.15) is 0 Å². The van der Waals surface area contributed by atoms with E-state index in [-0.39, 0.29) is 5.91 Å². The van der Waals surface area contributed by atoms with Crippen LogP contribution in [0.25, 0.3) is 0 Å². The number of amides is 1. The number of likely N-dealkylation sites (N-methyl/N-ethyl adjacent to an activating group) is 1. The standard InChI is InChI=1S/C20H35N3O.C8H10/c1-15-7-6-10-17(13-15)14-20(18(24)23(2)19(21)22-20)12-11-16-8-4-3-5-9-16;1-2-8-6-4-3-5-7-8/h15-17H,3-14H2,1-2H3,(H2,21,22);3-7H,2H2,1H3/t15?,17?,20-;/m1./s1. The van der Waals surface area contributed by atoms with Gasteiger partial charge in [0.15, 0.2) is 5.96 Å². The van der Waals surface area contributed by atoms with Crippen LogP contribution in [-0.4, -0.2) is 29.4 Å². The summed E-state index contributed by atoms with van der Waals surface area (Å²) < 4.78 is 0. The lowest BCUT2D eigenvalue weighted by molar-refractivity contribution is -0.131. The zero-order valence-corrected chi connectivity index (χ0v) is 20.7. The fraction of sp³-hybridized carbons (Fsp3) is 0.714. The van der Waals surface area contributed by atoms with Crippen molar-refractivity contribution >= 4 is 11.9 Å². The predicted molar refractivity (Wildman–Crippen MR) is 134 cm³/mol. The van der Waals surface area contributed by atoms with Crippen molar-refractivity contribution in [1.29, 1.82) is 0 Å². The van der Waals surface area contributed by atoms with Crippen LogP contribution in [0.1, 0.15) is 96.5 Å². The maximum absolute atomic E-state index is 13.0. The highest BCUT2D eigenvalue weighted by molar-refractivity contribution is 6.06. The molecule has 178 valence electrons. The Balaban J connectivity index is 0.000000305. The van der Waals surface area contributed by atoms with Crippen molar-refractivity contribution in [1.82, 2.24) is 4.90 Å². The molecular formula is C28H45N3O. The maximum atomic E-state index is 13.0. The SMILES string of the molecule is CC1CCCC(C[C@@]2(CCC3CCCCC3)N=C(N)N(C)C2=O)C1.CCc1ccccc1. The number of aryl methyl sites for hydroxylation is 1. The second kappa shape index (κ2) is 11.9. The third-order valence-electron chi connectivity index (χ3n) is 7.99. The molecule has 2 unspecified atom stereocenters. The molecule has 2 saturated carbocycles. The first-order valence-electron chi connectivity index (χ1n) is 13.1. The summed E-state index contributed by atoms with van der Waals surface area (Å²) in [6, 6.07) is 10.5. The fourth-order valence-electron chi connectivity index (χ4n) is 6.01. The first kappa shape index (κ1) is 24.8. The van der Waals surface area contributed by atoms with Gasteiger partial charge in [0.1, 0.15) is 5.54 Å². The minimum atomic E-state index is -0.558. The number of carbonyl (C=O) groups excluding carboxylic acids is 1. The van der Waals surface area contributed by atoms with Crippen LogP contribution in [0.5, 0.6) is 0 Å². The molecule has 1 aromatic carbocycles. The summed E-state index contributed by atoms with van der Waals surface area (Å²) in [6.45, 7) is 4.51. The minimum absolute atomic E-state index is 0.147. The number of guanidine groups is 1. The number of hydrogen-bond donors (Lipinski definition) is 1. The van der Waals surface area contributed by atoms with Crippen molar-refractivity contribution in [3.63, 3.8) is 0 Å². The molecule has 3 aliphatic rings. The molecule has 4 heteroatoms. The molecule has 0 aromatic heterocycles. The first-order chi connectivity index (χ1) is 15.4. The van der Waals surface area contributed by atoms with Gasteiger partial charge in [-0.1, -0.05) is 95.5 Å². The first-order valence-corrected chi connectivity index (χ1v) is 13.1. The van der Waals surface area contributed by atoms with Gasteiger partial charge in [0, 0.05) is 7.05 Å². The molecule has 3 atom stereocenters. The van der Waals surface area contributed by atoms with Crippen molar-refractivity contribution in [2.24, 2.45) is 28.5 Å². The van der Waals surface area contributed by atoms with Gasteiger partial charge in [0.25, 0.3) is 5.91 Å². The quantitative estimate of drug-likeness (QED) is 0.562. The molecule has 0 bridgehead atoms. The summed E-state index contributed by atoms with van der Waals surface area (Å²) in [7, 11) is 1.78. The number of nitrogens with two attached hydrogens (primary N) is 1. The van der Waals surface area contributed by atoms with Crippen LogP contribution in [0.3, 0.4) is 0 Å². The number of benzene rings is 1. The third kappa shape index (κ3) is 6.59. The average Bonchev–Trinajstić information content (AvgIpc) is 3.03. The van der Waals surface area contributed by atoms with Gasteiger partial charge in [0.2, 0.25) is 0 Å². The van der Waals surface area contributed by atoms with Crippen molar-refractivity contribution < 1.29 is 4.79 Å². The molecule has 0 saturated heterocycles. The molecule has 0 spiro atoms. The van der Waals surface area contributed by atoms with E-state index in [1.165, 1.54) is 63.4 Å². The van der Waals surface area contributed by atoms with Crippen LogP contribution in [-0.2, 0) is 11.2 Å². The Kier molecular flexibility index (Phi) is 9.19. The van der Waals surface area contributed by atoms with Crippen LogP contribution in [0, 0.1) is 17.8 Å². The van der Waals surface area contributed by atoms with E-state index < -0.39 is 5.54 Å². The molecule has 1 aromatic rings. The van der Waals surface area contributed by atoms with Crippen molar-refractivity contribution in [2.45, 2.75) is 103 Å². The van der Waals surface area contributed by atoms with Gasteiger partial charge in [-0.3, -0.25) is 9.69 Å². The Bertz CT molecular complexity index is 740. The summed E-state index contributed by atoms with van der Waals surface area (Å²) >= 11 is 0. The normalized spacial score (nSPS) is 28.8. The zero-order chi connectivity index (χ0) is 23.0. The maximum Gasteiger partial charge on any atom is 0.257 e. The van der Waals surface area contributed by atoms with E-state index in [2.05, 4.69) is 38.1 Å². The molecule has 2 fully saturated rings. The van der Waals surface area contributed by atoms with Crippen molar-refractivity contribution in [3.05, 3.63) is 35.9 Å². The molecule has 0 radical (unpaired) electrons. The molecule has 1 amide bonds. The Labute approximate surface area is 196 Å². The van der Waals surface area contributed by atoms with Gasteiger partial charge in [-0.25, -0.2) is 4.99 Å². The van der Waals surface area contributed by atoms with Gasteiger partial charge in [-0.05, 0) is 55.4 Å². The molecule has 1 heterocycles. The van der Waals surface area contributed by atoms with Crippen molar-refractivity contribution in [2.75, 3.05) is 7.05 Å². The Morgan fingerprint density at radius 2 is 1.72 bits per heavy atom. The van der Waals surface area contributed by atoms with Crippen molar-refractivity contribution in [3.8, 4) is 0 Å². The molecule has 4 nitrogen and oxygen atoms in total. The summed E-state index contributed by atoms with van der Waals surface area (Å²) in [4.78, 5) is 19.3.